The number of hydrogen-bond acceptors (Lipinski definition) is 3. The van der Waals surface area contributed by atoms with Crippen LogP contribution in [0.4, 0.5) is 0 Å². The summed E-state index contributed by atoms with van der Waals surface area (Å²) in [4.78, 5) is 13.0. The van der Waals surface area contributed by atoms with E-state index in [4.69, 9.17) is 21.4 Å². The van der Waals surface area contributed by atoms with Gasteiger partial charge in [-0.15, -0.1) is 0 Å². The van der Waals surface area contributed by atoms with Crippen LogP contribution in [-0.2, 0) is 30.7 Å². The van der Waals surface area contributed by atoms with Crippen LogP contribution in [-0.4, -0.2) is 35.6 Å². The molecule has 0 bridgehead atoms. The Morgan fingerprint density at radius 1 is 1.21 bits per heavy atom. The van der Waals surface area contributed by atoms with E-state index in [1.807, 2.05) is 12.1 Å². The highest BCUT2D eigenvalue weighted by molar-refractivity contribution is 6.31. The molecule has 1 spiro atoms. The van der Waals surface area contributed by atoms with E-state index in [0.29, 0.717) is 13.2 Å². The summed E-state index contributed by atoms with van der Waals surface area (Å²) in [6.07, 6.45) is 3.29. The zero-order valence-corrected chi connectivity index (χ0v) is 17.0. The second-order valence-corrected chi connectivity index (χ2v) is 8.57. The maximum absolute atomic E-state index is 10.7. The summed E-state index contributed by atoms with van der Waals surface area (Å²) >= 11 is 6.37. The van der Waals surface area contributed by atoms with Crippen LogP contribution in [0.2, 0.25) is 5.02 Å². The highest BCUT2D eigenvalue weighted by Gasteiger charge is 2.46. The minimum Gasteiger partial charge on any atom is -0.489 e. The van der Waals surface area contributed by atoms with Gasteiger partial charge in [-0.05, 0) is 54.2 Å². The summed E-state index contributed by atoms with van der Waals surface area (Å²) in [5.41, 5.74) is 5.35. The molecule has 4 rings (SSSR count). The Hall–Kier alpha value is -2.04. The number of carboxylic acid groups (broad SMARTS) is 1. The average Bonchev–Trinajstić information content (AvgIpc) is 3.03. The van der Waals surface area contributed by atoms with Gasteiger partial charge in [0.25, 0.3) is 0 Å². The standard InChI is InChI=1S/C23H26ClNO3/c1-2-16-4-3-5-21(24)20(16)13-28-19-7-6-17-11-23(12-18(17)10-19)14-25(15-23)9-8-22(26)27/h3-7,10H,2,8-9,11-15H2,1H3,(H,26,27). The fourth-order valence-electron chi connectivity index (χ4n) is 4.69. The number of nitrogens with zero attached hydrogens (tertiary/aromatic N) is 1. The number of fused-ring (bicyclic) bond motifs is 1. The number of halogens is 1. The minimum atomic E-state index is -0.720. The SMILES string of the molecule is CCc1cccc(Cl)c1COc1ccc2c(c1)CC1(C2)CN(CCC(=O)O)C1. The van der Waals surface area contributed by atoms with Crippen molar-refractivity contribution >= 4 is 17.6 Å². The smallest absolute Gasteiger partial charge is 0.304 e. The van der Waals surface area contributed by atoms with E-state index in [9.17, 15) is 4.79 Å². The molecule has 1 aliphatic carbocycles. The van der Waals surface area contributed by atoms with E-state index in [0.717, 1.165) is 48.7 Å². The zero-order chi connectivity index (χ0) is 19.7. The van der Waals surface area contributed by atoms with Crippen molar-refractivity contribution in [1.29, 1.82) is 0 Å². The van der Waals surface area contributed by atoms with Gasteiger partial charge >= 0.3 is 5.97 Å². The van der Waals surface area contributed by atoms with Gasteiger partial charge in [0.2, 0.25) is 0 Å². The van der Waals surface area contributed by atoms with Crippen molar-refractivity contribution in [3.05, 3.63) is 63.7 Å². The number of aliphatic carboxylic acids is 1. The van der Waals surface area contributed by atoms with Gasteiger partial charge in [0.1, 0.15) is 12.4 Å². The Balaban J connectivity index is 1.38. The molecule has 1 N–H and O–H groups in total. The van der Waals surface area contributed by atoms with Gasteiger partial charge < -0.3 is 14.7 Å². The quantitative estimate of drug-likeness (QED) is 0.751. The predicted octanol–water partition coefficient (Wildman–Crippen LogP) is 4.36. The third-order valence-electron chi connectivity index (χ3n) is 6.05. The Labute approximate surface area is 171 Å². The monoisotopic (exact) mass is 399 g/mol. The van der Waals surface area contributed by atoms with Gasteiger partial charge in [-0.1, -0.05) is 36.7 Å². The molecule has 1 fully saturated rings. The number of ether oxygens (including phenoxy) is 1. The summed E-state index contributed by atoms with van der Waals surface area (Å²) in [5, 5.41) is 9.61. The molecule has 2 aromatic carbocycles. The van der Waals surface area contributed by atoms with Gasteiger partial charge in [-0.2, -0.15) is 0 Å². The fraction of sp³-hybridized carbons (Fsp3) is 0.435. The van der Waals surface area contributed by atoms with Gasteiger partial charge in [-0.3, -0.25) is 4.79 Å². The first-order valence-corrected chi connectivity index (χ1v) is 10.3. The normalized spacial score (nSPS) is 17.4. The van der Waals surface area contributed by atoms with E-state index >= 15 is 0 Å². The number of rotatable bonds is 7. The summed E-state index contributed by atoms with van der Waals surface area (Å²) in [7, 11) is 0. The van der Waals surface area contributed by atoms with Crippen LogP contribution >= 0.6 is 11.6 Å². The van der Waals surface area contributed by atoms with Crippen molar-refractivity contribution in [3.63, 3.8) is 0 Å². The Kier molecular flexibility index (Phi) is 5.35. The van der Waals surface area contributed by atoms with Crippen LogP contribution in [0.1, 0.15) is 35.6 Å². The van der Waals surface area contributed by atoms with Crippen molar-refractivity contribution in [3.8, 4) is 5.75 Å². The second-order valence-electron chi connectivity index (χ2n) is 8.16. The minimum absolute atomic E-state index is 0.225. The van der Waals surface area contributed by atoms with Gasteiger partial charge in [0, 0.05) is 35.6 Å². The zero-order valence-electron chi connectivity index (χ0n) is 16.2. The molecule has 0 unspecified atom stereocenters. The van der Waals surface area contributed by atoms with E-state index in [1.165, 1.54) is 16.7 Å². The van der Waals surface area contributed by atoms with Crippen molar-refractivity contribution in [2.24, 2.45) is 5.41 Å². The van der Waals surface area contributed by atoms with Gasteiger partial charge in [0.05, 0.1) is 6.42 Å². The van der Waals surface area contributed by atoms with Crippen LogP contribution in [0, 0.1) is 5.41 Å². The largest absolute Gasteiger partial charge is 0.489 e. The maximum Gasteiger partial charge on any atom is 0.304 e. The molecule has 0 radical (unpaired) electrons. The molecule has 0 saturated carbocycles. The predicted molar refractivity (Wildman–Crippen MR) is 110 cm³/mol. The molecule has 2 aromatic rings. The van der Waals surface area contributed by atoms with Crippen molar-refractivity contribution in [2.45, 2.75) is 39.2 Å². The van der Waals surface area contributed by atoms with Gasteiger partial charge in [-0.25, -0.2) is 0 Å². The third-order valence-corrected chi connectivity index (χ3v) is 6.40. The number of hydrogen-bond donors (Lipinski definition) is 1. The first-order valence-electron chi connectivity index (χ1n) is 9.93. The number of likely N-dealkylation sites (tertiary alicyclic amines) is 1. The van der Waals surface area contributed by atoms with Crippen LogP contribution in [0.25, 0.3) is 0 Å². The molecular weight excluding hydrogens is 374 g/mol. The first-order chi connectivity index (χ1) is 13.5. The molecule has 1 heterocycles. The van der Waals surface area contributed by atoms with E-state index in [-0.39, 0.29) is 11.8 Å². The lowest BCUT2D eigenvalue weighted by Gasteiger charge is -2.48. The van der Waals surface area contributed by atoms with Crippen LogP contribution in [0.15, 0.2) is 36.4 Å². The number of carbonyl (C=O) groups is 1. The molecule has 5 heteroatoms. The van der Waals surface area contributed by atoms with Crippen LogP contribution < -0.4 is 4.74 Å². The average molecular weight is 400 g/mol. The molecule has 2 aliphatic rings. The van der Waals surface area contributed by atoms with Crippen molar-refractivity contribution < 1.29 is 14.6 Å². The van der Waals surface area contributed by atoms with E-state index < -0.39 is 5.97 Å². The summed E-state index contributed by atoms with van der Waals surface area (Å²) < 4.78 is 6.09. The Bertz CT molecular complexity index is 889. The topological polar surface area (TPSA) is 49.8 Å². The number of carboxylic acids is 1. The molecule has 0 amide bonds. The Morgan fingerprint density at radius 2 is 2.00 bits per heavy atom. The molecule has 0 aromatic heterocycles. The maximum atomic E-state index is 10.7. The van der Waals surface area contributed by atoms with E-state index in [2.05, 4.69) is 36.1 Å². The second kappa shape index (κ2) is 7.76. The third kappa shape index (κ3) is 3.89. The summed E-state index contributed by atoms with van der Waals surface area (Å²) in [6, 6.07) is 12.4. The summed E-state index contributed by atoms with van der Waals surface area (Å²) in [5.74, 6) is 0.169. The lowest BCUT2D eigenvalue weighted by atomic mass is 9.77. The molecule has 148 valence electrons. The van der Waals surface area contributed by atoms with Crippen molar-refractivity contribution in [1.82, 2.24) is 4.90 Å². The fourth-order valence-corrected chi connectivity index (χ4v) is 4.94. The highest BCUT2D eigenvalue weighted by atomic mass is 35.5. The first kappa shape index (κ1) is 19.3. The van der Waals surface area contributed by atoms with Crippen LogP contribution in [0.3, 0.4) is 0 Å². The lowest BCUT2D eigenvalue weighted by Crippen LogP contribution is -2.57. The summed E-state index contributed by atoms with van der Waals surface area (Å²) in [6.45, 7) is 5.24. The highest BCUT2D eigenvalue weighted by Crippen LogP contribution is 2.44. The van der Waals surface area contributed by atoms with E-state index in [1.54, 1.807) is 0 Å². The molecule has 4 nitrogen and oxygen atoms in total. The molecule has 0 atom stereocenters. The molecule has 28 heavy (non-hydrogen) atoms. The lowest BCUT2D eigenvalue weighted by molar-refractivity contribution is -0.138. The van der Waals surface area contributed by atoms with Gasteiger partial charge in [0.15, 0.2) is 0 Å². The number of benzene rings is 2. The molecular formula is C23H26ClNO3. The Morgan fingerprint density at radius 3 is 2.75 bits per heavy atom. The molecule has 1 saturated heterocycles. The number of aryl methyl sites for hydroxylation is 1. The van der Waals surface area contributed by atoms with Crippen molar-refractivity contribution in [2.75, 3.05) is 19.6 Å². The van der Waals surface area contributed by atoms with Crippen LogP contribution in [0.5, 0.6) is 5.75 Å². The molecule has 1 aliphatic heterocycles.